The van der Waals surface area contributed by atoms with E-state index in [1.165, 1.54) is 11.3 Å². The average Bonchev–Trinajstić information content (AvgIpc) is 3.16. The van der Waals surface area contributed by atoms with E-state index in [-0.39, 0.29) is 11.5 Å². The molecular weight excluding hydrogens is 426 g/mol. The number of anilines is 1. The van der Waals surface area contributed by atoms with E-state index in [9.17, 15) is 4.79 Å². The van der Waals surface area contributed by atoms with E-state index in [0.717, 1.165) is 15.4 Å². The van der Waals surface area contributed by atoms with E-state index < -0.39 is 0 Å². The number of rotatable bonds is 3. The topological polar surface area (TPSA) is 67.5 Å². The molecule has 27 heavy (non-hydrogen) atoms. The fourth-order valence-electron chi connectivity index (χ4n) is 2.53. The van der Waals surface area contributed by atoms with Crippen LogP contribution in [0.4, 0.5) is 10.8 Å². The first kappa shape index (κ1) is 17.6. The first-order valence-corrected chi connectivity index (χ1v) is 9.81. The summed E-state index contributed by atoms with van der Waals surface area (Å²) in [4.78, 5) is 21.5. The Morgan fingerprint density at radius 1 is 1.19 bits per heavy atom. The second-order valence-corrected chi connectivity index (χ2v) is 7.70. The Morgan fingerprint density at radius 2 is 2.00 bits per heavy atom. The summed E-state index contributed by atoms with van der Waals surface area (Å²) in [6, 6.07) is 15.1. The summed E-state index contributed by atoms with van der Waals surface area (Å²) in [6.07, 6.45) is 1.64. The van der Waals surface area contributed by atoms with Crippen LogP contribution in [0.15, 0.2) is 74.0 Å². The second kappa shape index (κ2) is 7.46. The van der Waals surface area contributed by atoms with Crippen molar-refractivity contribution in [3.63, 3.8) is 0 Å². The smallest absolute Gasteiger partial charge is 0.262 e. The van der Waals surface area contributed by atoms with Gasteiger partial charge in [-0.15, -0.1) is 11.3 Å². The average molecular weight is 440 g/mol. The van der Waals surface area contributed by atoms with E-state index in [1.807, 2.05) is 49.4 Å². The number of carbonyl (C=O) groups is 1. The van der Waals surface area contributed by atoms with Crippen LogP contribution in [0.25, 0.3) is 11.0 Å². The summed E-state index contributed by atoms with van der Waals surface area (Å²) in [5.41, 5.74) is 3.09. The van der Waals surface area contributed by atoms with Crippen molar-refractivity contribution < 1.29 is 9.21 Å². The van der Waals surface area contributed by atoms with Gasteiger partial charge in [-0.1, -0.05) is 33.6 Å². The van der Waals surface area contributed by atoms with Gasteiger partial charge in [0.25, 0.3) is 5.91 Å². The Kier molecular flexibility index (Phi) is 4.87. The highest BCUT2D eigenvalue weighted by Gasteiger charge is 2.14. The van der Waals surface area contributed by atoms with Crippen LogP contribution in [0, 0.1) is 6.92 Å². The molecule has 0 aliphatic rings. The number of hydrogen-bond acceptors (Lipinski definition) is 5. The molecule has 0 atom stereocenters. The number of hydrogen-bond donors (Lipinski definition) is 1. The number of thiazole rings is 1. The van der Waals surface area contributed by atoms with Crippen LogP contribution in [0.1, 0.15) is 15.9 Å². The van der Waals surface area contributed by atoms with Crippen molar-refractivity contribution in [2.75, 3.05) is 5.32 Å². The van der Waals surface area contributed by atoms with Crippen molar-refractivity contribution >= 4 is 55.0 Å². The zero-order valence-electron chi connectivity index (χ0n) is 14.3. The summed E-state index contributed by atoms with van der Waals surface area (Å²) in [7, 11) is 0. The number of aromatic nitrogens is 1. The Bertz CT molecular complexity index is 1180. The summed E-state index contributed by atoms with van der Waals surface area (Å²) in [5.74, 6) is -0.318. The van der Waals surface area contributed by atoms with E-state index >= 15 is 0 Å². The summed E-state index contributed by atoms with van der Waals surface area (Å²) >= 11 is 4.80. The largest absolute Gasteiger partial charge is 0.438 e. The van der Waals surface area contributed by atoms with Gasteiger partial charge in [0.1, 0.15) is 11.1 Å². The minimum Gasteiger partial charge on any atom is -0.438 e. The Morgan fingerprint density at radius 3 is 2.74 bits per heavy atom. The molecule has 1 N–H and O–H groups in total. The maximum absolute atomic E-state index is 12.8. The molecule has 2 aromatic carbocycles. The number of nitrogens with zero attached hydrogens (tertiary/aromatic N) is 2. The van der Waals surface area contributed by atoms with Crippen molar-refractivity contribution in [1.82, 2.24) is 4.98 Å². The molecule has 1 amide bonds. The van der Waals surface area contributed by atoms with Crippen LogP contribution in [0.2, 0.25) is 0 Å². The molecule has 0 bridgehead atoms. The predicted octanol–water partition coefficient (Wildman–Crippen LogP) is 5.44. The molecule has 0 fully saturated rings. The van der Waals surface area contributed by atoms with Gasteiger partial charge >= 0.3 is 0 Å². The number of benzene rings is 2. The van der Waals surface area contributed by atoms with Crippen LogP contribution in [-0.4, -0.2) is 10.9 Å². The number of nitrogens with one attached hydrogen (secondary N) is 1. The highest BCUT2D eigenvalue weighted by atomic mass is 79.9. The van der Waals surface area contributed by atoms with Crippen LogP contribution >= 0.6 is 27.3 Å². The third-order valence-corrected chi connectivity index (χ3v) is 5.05. The molecule has 7 heteroatoms. The Balaban J connectivity index is 1.87. The van der Waals surface area contributed by atoms with Gasteiger partial charge in [0.05, 0.1) is 5.69 Å². The standard InChI is InChI=1S/C20H14BrN3O2S/c1-12-2-5-15(6-3-12)23-19-16(18(25)24-20-22-8-9-27-20)11-13-10-14(21)4-7-17(13)26-19/h2-11H,1H3,(H,22,24,25). The van der Waals surface area contributed by atoms with Crippen molar-refractivity contribution in [2.24, 2.45) is 4.99 Å². The maximum Gasteiger partial charge on any atom is 0.262 e. The SMILES string of the molecule is Cc1ccc(N=c2oc3ccc(Br)cc3cc2C(=O)Nc2nccs2)cc1. The van der Waals surface area contributed by atoms with Crippen molar-refractivity contribution in [3.8, 4) is 0 Å². The van der Waals surface area contributed by atoms with E-state index in [2.05, 4.69) is 31.2 Å². The minimum atomic E-state index is -0.318. The Labute approximate surface area is 167 Å². The monoisotopic (exact) mass is 439 g/mol. The minimum absolute atomic E-state index is 0.253. The molecular formula is C20H14BrN3O2S. The van der Waals surface area contributed by atoms with Crippen LogP contribution in [0.5, 0.6) is 0 Å². The van der Waals surface area contributed by atoms with Gasteiger partial charge in [-0.05, 0) is 43.3 Å². The summed E-state index contributed by atoms with van der Waals surface area (Å²) in [5, 5.41) is 5.92. The van der Waals surface area contributed by atoms with Crippen LogP contribution < -0.4 is 10.9 Å². The van der Waals surface area contributed by atoms with Gasteiger partial charge in [-0.25, -0.2) is 9.98 Å². The maximum atomic E-state index is 12.8. The van der Waals surface area contributed by atoms with Crippen molar-refractivity contribution in [1.29, 1.82) is 0 Å². The molecule has 5 nitrogen and oxygen atoms in total. The molecule has 4 aromatic rings. The van der Waals surface area contributed by atoms with Gasteiger partial charge in [0, 0.05) is 21.4 Å². The fraction of sp³-hybridized carbons (Fsp3) is 0.0500. The molecule has 0 spiro atoms. The second-order valence-electron chi connectivity index (χ2n) is 5.89. The number of aryl methyl sites for hydroxylation is 1. The molecule has 134 valence electrons. The normalized spacial score (nSPS) is 11.7. The van der Waals surface area contributed by atoms with Gasteiger partial charge < -0.3 is 4.42 Å². The molecule has 0 aliphatic heterocycles. The molecule has 2 heterocycles. The zero-order chi connectivity index (χ0) is 18.8. The lowest BCUT2D eigenvalue weighted by molar-refractivity contribution is 0.102. The lowest BCUT2D eigenvalue weighted by Gasteiger charge is -2.05. The first-order chi connectivity index (χ1) is 13.1. The fourth-order valence-corrected chi connectivity index (χ4v) is 3.44. The predicted molar refractivity (Wildman–Crippen MR) is 110 cm³/mol. The third kappa shape index (κ3) is 3.99. The summed E-state index contributed by atoms with van der Waals surface area (Å²) < 4.78 is 6.86. The molecule has 0 radical (unpaired) electrons. The van der Waals surface area contributed by atoms with Gasteiger partial charge in [0.2, 0.25) is 5.55 Å². The molecule has 4 rings (SSSR count). The van der Waals surface area contributed by atoms with Gasteiger partial charge in [-0.3, -0.25) is 10.1 Å². The summed E-state index contributed by atoms with van der Waals surface area (Å²) in [6.45, 7) is 2.01. The highest BCUT2D eigenvalue weighted by molar-refractivity contribution is 9.10. The number of amides is 1. The lowest BCUT2D eigenvalue weighted by Crippen LogP contribution is -2.21. The van der Waals surface area contributed by atoms with Crippen molar-refractivity contribution in [2.45, 2.75) is 6.92 Å². The van der Waals surface area contributed by atoms with E-state index in [1.54, 1.807) is 17.6 Å². The van der Waals surface area contributed by atoms with Gasteiger partial charge in [0.15, 0.2) is 5.13 Å². The van der Waals surface area contributed by atoms with Gasteiger partial charge in [-0.2, -0.15) is 0 Å². The quantitative estimate of drug-likeness (QED) is 0.461. The highest BCUT2D eigenvalue weighted by Crippen LogP contribution is 2.21. The molecule has 2 aromatic heterocycles. The molecule has 0 aliphatic carbocycles. The number of carbonyl (C=O) groups excluding carboxylic acids is 1. The molecule has 0 saturated heterocycles. The number of halogens is 1. The third-order valence-electron chi connectivity index (χ3n) is 3.87. The van der Waals surface area contributed by atoms with Crippen molar-refractivity contribution in [3.05, 3.63) is 81.3 Å². The van der Waals surface area contributed by atoms with Crippen LogP contribution in [-0.2, 0) is 0 Å². The zero-order valence-corrected chi connectivity index (χ0v) is 16.7. The van der Waals surface area contributed by atoms with Crippen LogP contribution in [0.3, 0.4) is 0 Å². The molecule has 0 unspecified atom stereocenters. The Hall–Kier alpha value is -2.77. The molecule has 0 saturated carbocycles. The van der Waals surface area contributed by atoms with E-state index in [4.69, 9.17) is 4.42 Å². The van der Waals surface area contributed by atoms with E-state index in [0.29, 0.717) is 22.0 Å². The first-order valence-electron chi connectivity index (χ1n) is 8.14. The lowest BCUT2D eigenvalue weighted by atomic mass is 10.1. The number of fused-ring (bicyclic) bond motifs is 1.